The quantitative estimate of drug-likeness (QED) is 0.665. The second kappa shape index (κ2) is 7.24. The van der Waals surface area contributed by atoms with Gasteiger partial charge in [-0.05, 0) is 32.4 Å². The Hall–Kier alpha value is -0.0800. The van der Waals surface area contributed by atoms with Crippen molar-refractivity contribution >= 4 is 0 Å². The fourth-order valence-corrected chi connectivity index (χ4v) is 2.32. The van der Waals surface area contributed by atoms with Crippen LogP contribution in [0.15, 0.2) is 0 Å². The largest absolute Gasteiger partial charge is 0.313 e. The van der Waals surface area contributed by atoms with Crippen LogP contribution in [0.2, 0.25) is 0 Å². The molecule has 0 heterocycles. The Morgan fingerprint density at radius 1 is 1.27 bits per heavy atom. The van der Waals surface area contributed by atoms with Gasteiger partial charge < -0.3 is 10.2 Å². The van der Waals surface area contributed by atoms with Crippen LogP contribution in [0, 0.1) is 5.92 Å². The van der Waals surface area contributed by atoms with Crippen molar-refractivity contribution in [1.29, 1.82) is 0 Å². The van der Waals surface area contributed by atoms with E-state index in [0.717, 1.165) is 12.5 Å². The zero-order valence-electron chi connectivity index (χ0n) is 10.8. The average molecular weight is 212 g/mol. The first-order valence-corrected chi connectivity index (χ1v) is 6.72. The maximum Gasteiger partial charge on any atom is 0.0107 e. The molecule has 0 aromatic carbocycles. The van der Waals surface area contributed by atoms with Gasteiger partial charge in [-0.3, -0.25) is 0 Å². The van der Waals surface area contributed by atoms with E-state index in [1.54, 1.807) is 0 Å². The smallest absolute Gasteiger partial charge is 0.0107 e. The predicted molar refractivity (Wildman–Crippen MR) is 67.2 cm³/mol. The third-order valence-electron chi connectivity index (χ3n) is 3.73. The fourth-order valence-electron chi connectivity index (χ4n) is 2.32. The lowest BCUT2D eigenvalue weighted by Gasteiger charge is -2.29. The van der Waals surface area contributed by atoms with Crippen molar-refractivity contribution in [1.82, 2.24) is 10.2 Å². The summed E-state index contributed by atoms with van der Waals surface area (Å²) < 4.78 is 0. The van der Waals surface area contributed by atoms with E-state index in [0.29, 0.717) is 6.04 Å². The van der Waals surface area contributed by atoms with Crippen molar-refractivity contribution in [2.75, 3.05) is 26.2 Å². The molecule has 0 radical (unpaired) electrons. The van der Waals surface area contributed by atoms with Crippen molar-refractivity contribution in [2.45, 2.75) is 52.5 Å². The fraction of sp³-hybridized carbons (Fsp3) is 1.00. The summed E-state index contributed by atoms with van der Waals surface area (Å²) in [5.74, 6) is 1.03. The zero-order chi connectivity index (χ0) is 11.1. The lowest BCUT2D eigenvalue weighted by atomic mass is 9.81. The molecule has 2 heteroatoms. The van der Waals surface area contributed by atoms with Crippen LogP contribution in [0.25, 0.3) is 0 Å². The molecule has 1 atom stereocenters. The molecule has 0 bridgehead atoms. The number of hydrogen-bond donors (Lipinski definition) is 1. The molecule has 1 aliphatic carbocycles. The zero-order valence-corrected chi connectivity index (χ0v) is 10.8. The van der Waals surface area contributed by atoms with E-state index >= 15 is 0 Å². The molecule has 0 saturated heterocycles. The molecule has 0 aromatic heterocycles. The number of nitrogens with zero attached hydrogens (tertiary/aromatic N) is 1. The summed E-state index contributed by atoms with van der Waals surface area (Å²) >= 11 is 0. The van der Waals surface area contributed by atoms with Gasteiger partial charge in [0.25, 0.3) is 0 Å². The van der Waals surface area contributed by atoms with Gasteiger partial charge in [-0.15, -0.1) is 0 Å². The average Bonchev–Trinajstić information content (AvgIpc) is 2.18. The molecule has 15 heavy (non-hydrogen) atoms. The van der Waals surface area contributed by atoms with Crippen LogP contribution in [0.1, 0.15) is 46.5 Å². The molecular weight excluding hydrogens is 184 g/mol. The van der Waals surface area contributed by atoms with Gasteiger partial charge in [0.2, 0.25) is 0 Å². The van der Waals surface area contributed by atoms with E-state index in [1.807, 2.05) is 0 Å². The topological polar surface area (TPSA) is 15.3 Å². The van der Waals surface area contributed by atoms with Gasteiger partial charge in [0, 0.05) is 19.1 Å². The van der Waals surface area contributed by atoms with Gasteiger partial charge in [-0.2, -0.15) is 0 Å². The Morgan fingerprint density at radius 3 is 2.40 bits per heavy atom. The molecule has 1 rings (SSSR count). The summed E-state index contributed by atoms with van der Waals surface area (Å²) in [5.41, 5.74) is 0. The van der Waals surface area contributed by atoms with Crippen LogP contribution >= 0.6 is 0 Å². The van der Waals surface area contributed by atoms with E-state index in [4.69, 9.17) is 0 Å². The maximum atomic E-state index is 3.64. The lowest BCUT2D eigenvalue weighted by molar-refractivity contribution is 0.254. The van der Waals surface area contributed by atoms with Crippen LogP contribution in [-0.2, 0) is 0 Å². The van der Waals surface area contributed by atoms with Crippen LogP contribution in [-0.4, -0.2) is 37.1 Å². The monoisotopic (exact) mass is 212 g/mol. The van der Waals surface area contributed by atoms with Gasteiger partial charge in [0.05, 0.1) is 0 Å². The van der Waals surface area contributed by atoms with E-state index in [1.165, 1.54) is 45.3 Å². The van der Waals surface area contributed by atoms with Crippen LogP contribution in [0.4, 0.5) is 0 Å². The Kier molecular flexibility index (Phi) is 6.26. The second-order valence-electron chi connectivity index (χ2n) is 4.91. The van der Waals surface area contributed by atoms with Gasteiger partial charge in [-0.25, -0.2) is 0 Å². The first-order valence-electron chi connectivity index (χ1n) is 6.72. The summed E-state index contributed by atoms with van der Waals surface area (Å²) in [6, 6.07) is 0.714. The Labute approximate surface area is 95.4 Å². The van der Waals surface area contributed by atoms with Crippen LogP contribution < -0.4 is 5.32 Å². The highest BCUT2D eigenvalue weighted by atomic mass is 15.1. The van der Waals surface area contributed by atoms with Gasteiger partial charge in [0.15, 0.2) is 0 Å². The Balaban J connectivity index is 1.97. The molecule has 0 aromatic rings. The molecule has 1 N–H and O–H groups in total. The standard InChI is InChI=1S/C13H28N2/c1-4-15(5-2)10-9-14-12(3)11-13-7-6-8-13/h12-14H,4-11H2,1-3H3. The first-order chi connectivity index (χ1) is 7.26. The highest BCUT2D eigenvalue weighted by molar-refractivity contribution is 4.75. The Bertz CT molecular complexity index is 151. The van der Waals surface area contributed by atoms with E-state index in [2.05, 4.69) is 31.0 Å². The highest BCUT2D eigenvalue weighted by Crippen LogP contribution is 2.30. The molecule has 1 fully saturated rings. The number of hydrogen-bond acceptors (Lipinski definition) is 2. The second-order valence-corrected chi connectivity index (χ2v) is 4.91. The minimum Gasteiger partial charge on any atom is -0.313 e. The predicted octanol–water partition coefficient (Wildman–Crippen LogP) is 2.50. The number of likely N-dealkylation sites (N-methyl/N-ethyl adjacent to an activating group) is 1. The SMILES string of the molecule is CCN(CC)CCNC(C)CC1CCC1. The first kappa shape index (κ1) is 13.0. The summed E-state index contributed by atoms with van der Waals surface area (Å²) in [4.78, 5) is 2.48. The van der Waals surface area contributed by atoms with Crippen LogP contribution in [0.3, 0.4) is 0 Å². The molecular formula is C13H28N2. The molecule has 2 nitrogen and oxygen atoms in total. The minimum absolute atomic E-state index is 0.714. The van der Waals surface area contributed by atoms with Crippen molar-refractivity contribution in [3.05, 3.63) is 0 Å². The number of nitrogens with one attached hydrogen (secondary N) is 1. The third kappa shape index (κ3) is 4.98. The summed E-state index contributed by atoms with van der Waals surface area (Å²) in [7, 11) is 0. The van der Waals surface area contributed by atoms with Gasteiger partial charge >= 0.3 is 0 Å². The molecule has 0 amide bonds. The van der Waals surface area contributed by atoms with E-state index < -0.39 is 0 Å². The minimum atomic E-state index is 0.714. The van der Waals surface area contributed by atoms with E-state index in [-0.39, 0.29) is 0 Å². The van der Waals surface area contributed by atoms with Crippen molar-refractivity contribution < 1.29 is 0 Å². The summed E-state index contributed by atoms with van der Waals surface area (Å²) in [6.07, 6.45) is 5.80. The van der Waals surface area contributed by atoms with Gasteiger partial charge in [-0.1, -0.05) is 33.1 Å². The molecule has 90 valence electrons. The molecule has 0 spiro atoms. The third-order valence-corrected chi connectivity index (χ3v) is 3.73. The highest BCUT2D eigenvalue weighted by Gasteiger charge is 2.19. The Morgan fingerprint density at radius 2 is 1.93 bits per heavy atom. The van der Waals surface area contributed by atoms with Crippen molar-refractivity contribution in [3.63, 3.8) is 0 Å². The molecule has 0 aliphatic heterocycles. The number of rotatable bonds is 8. The van der Waals surface area contributed by atoms with Crippen LogP contribution in [0.5, 0.6) is 0 Å². The van der Waals surface area contributed by atoms with E-state index in [9.17, 15) is 0 Å². The lowest BCUT2D eigenvalue weighted by Crippen LogP contribution is -2.37. The molecule has 1 unspecified atom stereocenters. The summed E-state index contributed by atoms with van der Waals surface area (Å²) in [5, 5.41) is 3.64. The molecule has 1 aliphatic rings. The van der Waals surface area contributed by atoms with Crippen molar-refractivity contribution in [3.8, 4) is 0 Å². The normalized spacial score (nSPS) is 19.2. The maximum absolute atomic E-state index is 3.64. The van der Waals surface area contributed by atoms with Gasteiger partial charge in [0.1, 0.15) is 0 Å². The molecule has 1 saturated carbocycles. The van der Waals surface area contributed by atoms with Crippen molar-refractivity contribution in [2.24, 2.45) is 5.92 Å². The summed E-state index contributed by atoms with van der Waals surface area (Å²) in [6.45, 7) is 11.5.